The molecule has 1 saturated heterocycles. The van der Waals surface area contributed by atoms with Crippen molar-refractivity contribution in [2.24, 2.45) is 0 Å². The molecule has 1 aliphatic rings. The number of nitro benzene ring substituents is 1. The molecule has 1 aromatic rings. The molecule has 3 N–H and O–H groups in total. The lowest BCUT2D eigenvalue weighted by Crippen LogP contribution is -2.39. The van der Waals surface area contributed by atoms with Crippen LogP contribution in [0.5, 0.6) is 0 Å². The third-order valence-electron chi connectivity index (χ3n) is 2.50. The van der Waals surface area contributed by atoms with Gasteiger partial charge in [-0.3, -0.25) is 25.1 Å². The Morgan fingerprint density at radius 1 is 1.53 bits per heavy atom. The van der Waals surface area contributed by atoms with Gasteiger partial charge in [-0.25, -0.2) is 5.43 Å². The van der Waals surface area contributed by atoms with Crippen LogP contribution in [0.25, 0.3) is 0 Å². The van der Waals surface area contributed by atoms with Crippen molar-refractivity contribution in [2.75, 3.05) is 5.32 Å². The summed E-state index contributed by atoms with van der Waals surface area (Å²) in [4.78, 5) is 32.8. The maximum Gasteiger partial charge on any atom is 0.289 e. The van der Waals surface area contributed by atoms with Gasteiger partial charge in [0.05, 0.1) is 11.3 Å². The maximum atomic E-state index is 11.8. The Balaban J connectivity index is 2.11. The quantitative estimate of drug-likeness (QED) is 0.555. The van der Waals surface area contributed by atoms with Gasteiger partial charge in [-0.2, -0.15) is 0 Å². The summed E-state index contributed by atoms with van der Waals surface area (Å²) in [5, 5.41) is 13.2. The molecule has 1 heterocycles. The highest BCUT2D eigenvalue weighted by molar-refractivity contribution is 6.32. The SMILES string of the molecule is O=C1CC(C(=O)Nc2ccc(Cl)c([N+](=O)[O-])c2)NN1. The number of nitro groups is 1. The van der Waals surface area contributed by atoms with Crippen LogP contribution < -0.4 is 16.2 Å². The molecule has 0 aromatic heterocycles. The Kier molecular flexibility index (Phi) is 3.63. The zero-order valence-electron chi connectivity index (χ0n) is 9.47. The van der Waals surface area contributed by atoms with E-state index in [1.807, 2.05) is 0 Å². The van der Waals surface area contributed by atoms with Crippen molar-refractivity contribution in [2.45, 2.75) is 12.5 Å². The summed E-state index contributed by atoms with van der Waals surface area (Å²) in [6.07, 6.45) is 0.0154. The van der Waals surface area contributed by atoms with Gasteiger partial charge in [0, 0.05) is 11.8 Å². The van der Waals surface area contributed by atoms with Crippen LogP contribution in [0.15, 0.2) is 18.2 Å². The zero-order chi connectivity index (χ0) is 14.0. The highest BCUT2D eigenvalue weighted by atomic mass is 35.5. The molecule has 19 heavy (non-hydrogen) atoms. The lowest BCUT2D eigenvalue weighted by Gasteiger charge is -2.09. The second-order valence-corrected chi connectivity index (χ2v) is 4.27. The fourth-order valence-corrected chi connectivity index (χ4v) is 1.76. The first kappa shape index (κ1) is 13.2. The van der Waals surface area contributed by atoms with E-state index in [4.69, 9.17) is 11.6 Å². The molecule has 1 aliphatic heterocycles. The predicted molar refractivity (Wildman–Crippen MR) is 66.4 cm³/mol. The molecule has 1 fully saturated rings. The third-order valence-corrected chi connectivity index (χ3v) is 2.82. The number of benzene rings is 1. The number of amides is 2. The number of halogens is 1. The van der Waals surface area contributed by atoms with Crippen molar-refractivity contribution in [3.8, 4) is 0 Å². The minimum Gasteiger partial charge on any atom is -0.324 e. The lowest BCUT2D eigenvalue weighted by molar-refractivity contribution is -0.384. The van der Waals surface area contributed by atoms with E-state index < -0.39 is 16.9 Å². The summed E-state index contributed by atoms with van der Waals surface area (Å²) < 4.78 is 0. The molecule has 8 nitrogen and oxygen atoms in total. The van der Waals surface area contributed by atoms with Crippen LogP contribution in [0.1, 0.15) is 6.42 Å². The Morgan fingerprint density at radius 2 is 2.26 bits per heavy atom. The fourth-order valence-electron chi connectivity index (χ4n) is 1.57. The molecular formula is C10H9ClN4O4. The number of anilines is 1. The van der Waals surface area contributed by atoms with Crippen molar-refractivity contribution in [3.63, 3.8) is 0 Å². The summed E-state index contributed by atoms with van der Waals surface area (Å²) >= 11 is 5.65. The van der Waals surface area contributed by atoms with Gasteiger partial charge in [0.15, 0.2) is 0 Å². The first-order chi connectivity index (χ1) is 8.97. The fraction of sp³-hybridized carbons (Fsp3) is 0.200. The van der Waals surface area contributed by atoms with Crippen LogP contribution in [0.2, 0.25) is 5.02 Å². The highest BCUT2D eigenvalue weighted by Gasteiger charge is 2.27. The molecule has 0 aliphatic carbocycles. The monoisotopic (exact) mass is 284 g/mol. The summed E-state index contributed by atoms with van der Waals surface area (Å²) in [7, 11) is 0. The van der Waals surface area contributed by atoms with Gasteiger partial charge in [-0.05, 0) is 12.1 Å². The summed E-state index contributed by atoms with van der Waals surface area (Å²) in [5.41, 5.74) is 4.74. The predicted octanol–water partition coefficient (Wildman–Crippen LogP) is 0.580. The van der Waals surface area contributed by atoms with Crippen molar-refractivity contribution < 1.29 is 14.5 Å². The summed E-state index contributed by atoms with van der Waals surface area (Å²) in [6, 6.07) is 3.21. The Hall–Kier alpha value is -2.19. The van der Waals surface area contributed by atoms with E-state index in [-0.39, 0.29) is 28.7 Å². The van der Waals surface area contributed by atoms with E-state index in [0.29, 0.717) is 0 Å². The number of nitrogens with zero attached hydrogens (tertiary/aromatic N) is 1. The van der Waals surface area contributed by atoms with Gasteiger partial charge in [0.25, 0.3) is 5.69 Å². The first-order valence-electron chi connectivity index (χ1n) is 5.26. The molecule has 0 radical (unpaired) electrons. The molecule has 0 bridgehead atoms. The molecular weight excluding hydrogens is 276 g/mol. The number of carbonyl (C=O) groups is 2. The van der Waals surface area contributed by atoms with E-state index in [2.05, 4.69) is 16.2 Å². The van der Waals surface area contributed by atoms with Crippen molar-refractivity contribution in [1.82, 2.24) is 10.9 Å². The van der Waals surface area contributed by atoms with E-state index in [1.54, 1.807) is 0 Å². The Morgan fingerprint density at radius 3 is 2.84 bits per heavy atom. The van der Waals surface area contributed by atoms with Crippen LogP contribution >= 0.6 is 11.6 Å². The van der Waals surface area contributed by atoms with E-state index in [0.717, 1.165) is 6.07 Å². The molecule has 1 aromatic carbocycles. The van der Waals surface area contributed by atoms with Crippen LogP contribution in [0.3, 0.4) is 0 Å². The Bertz CT molecular complexity index is 562. The molecule has 2 rings (SSSR count). The van der Waals surface area contributed by atoms with Gasteiger partial charge >= 0.3 is 0 Å². The minimum absolute atomic E-state index is 0.0150. The van der Waals surface area contributed by atoms with Gasteiger partial charge in [0.1, 0.15) is 11.1 Å². The molecule has 100 valence electrons. The van der Waals surface area contributed by atoms with E-state index in [1.165, 1.54) is 12.1 Å². The standard InChI is InChI=1S/C10H9ClN4O4/c11-6-2-1-5(3-8(6)15(18)19)12-10(17)7-4-9(16)14-13-7/h1-3,7,13H,4H2,(H,12,17)(H,14,16). The van der Waals surface area contributed by atoms with Crippen molar-refractivity contribution in [1.29, 1.82) is 0 Å². The van der Waals surface area contributed by atoms with Gasteiger partial charge < -0.3 is 5.32 Å². The van der Waals surface area contributed by atoms with E-state index >= 15 is 0 Å². The topological polar surface area (TPSA) is 113 Å². The smallest absolute Gasteiger partial charge is 0.289 e. The second-order valence-electron chi connectivity index (χ2n) is 3.86. The average molecular weight is 285 g/mol. The molecule has 9 heteroatoms. The van der Waals surface area contributed by atoms with Crippen molar-refractivity contribution >= 4 is 34.8 Å². The first-order valence-corrected chi connectivity index (χ1v) is 5.64. The number of rotatable bonds is 3. The summed E-state index contributed by atoms with van der Waals surface area (Å²) in [6.45, 7) is 0. The van der Waals surface area contributed by atoms with Crippen molar-refractivity contribution in [3.05, 3.63) is 33.3 Å². The summed E-state index contributed by atoms with van der Waals surface area (Å²) in [5.74, 6) is -0.753. The molecule has 0 spiro atoms. The number of hydrogen-bond acceptors (Lipinski definition) is 5. The maximum absolute atomic E-state index is 11.8. The number of nitrogens with one attached hydrogen (secondary N) is 3. The Labute approximate surface area is 112 Å². The molecule has 1 unspecified atom stereocenters. The van der Waals surface area contributed by atoms with E-state index in [9.17, 15) is 19.7 Å². The van der Waals surface area contributed by atoms with Gasteiger partial charge in [-0.15, -0.1) is 0 Å². The van der Waals surface area contributed by atoms with Crippen LogP contribution in [-0.2, 0) is 9.59 Å². The van der Waals surface area contributed by atoms with Crippen LogP contribution in [-0.4, -0.2) is 22.8 Å². The zero-order valence-corrected chi connectivity index (χ0v) is 10.2. The lowest BCUT2D eigenvalue weighted by atomic mass is 10.2. The van der Waals surface area contributed by atoms with Crippen LogP contribution in [0, 0.1) is 10.1 Å². The third kappa shape index (κ3) is 2.98. The molecule has 1 atom stereocenters. The van der Waals surface area contributed by atoms with Gasteiger partial charge in [-0.1, -0.05) is 11.6 Å². The number of carbonyl (C=O) groups excluding carboxylic acids is 2. The largest absolute Gasteiger partial charge is 0.324 e. The second kappa shape index (κ2) is 5.21. The molecule has 2 amide bonds. The normalized spacial score (nSPS) is 17.9. The number of hydrogen-bond donors (Lipinski definition) is 3. The average Bonchev–Trinajstić information content (AvgIpc) is 2.78. The van der Waals surface area contributed by atoms with Crippen LogP contribution in [0.4, 0.5) is 11.4 Å². The molecule has 0 saturated carbocycles. The van der Waals surface area contributed by atoms with Gasteiger partial charge in [0.2, 0.25) is 11.8 Å². The highest BCUT2D eigenvalue weighted by Crippen LogP contribution is 2.27. The minimum atomic E-state index is -0.706. The number of hydrazine groups is 1.